The average Bonchev–Trinajstić information content (AvgIpc) is 2.52. The summed E-state index contributed by atoms with van der Waals surface area (Å²) in [6.07, 6.45) is 3.24. The van der Waals surface area contributed by atoms with Gasteiger partial charge in [0.25, 0.3) is 0 Å². The van der Waals surface area contributed by atoms with Crippen molar-refractivity contribution in [2.24, 2.45) is 0 Å². The Morgan fingerprint density at radius 2 is 1.95 bits per heavy atom. The molecule has 0 bridgehead atoms. The zero-order valence-electron chi connectivity index (χ0n) is 12.3. The summed E-state index contributed by atoms with van der Waals surface area (Å²) in [6, 6.07) is 5.28. The Balaban J connectivity index is 2.55. The monoisotopic (exact) mass is 307 g/mol. The number of benzene rings is 1. The molecule has 1 aromatic heterocycles. The van der Waals surface area contributed by atoms with Gasteiger partial charge in [0, 0.05) is 23.0 Å². The molecule has 0 spiro atoms. The molecule has 0 aliphatic heterocycles. The number of nitrogens with zero attached hydrogens (tertiary/aromatic N) is 2. The van der Waals surface area contributed by atoms with E-state index in [9.17, 15) is 0 Å². The van der Waals surface area contributed by atoms with Crippen LogP contribution in [0.3, 0.4) is 0 Å². The summed E-state index contributed by atoms with van der Waals surface area (Å²) in [5, 5.41) is 4.01. The number of nitrogens with one attached hydrogen (secondary N) is 1. The number of ether oxygens (including phenoxy) is 2. The van der Waals surface area contributed by atoms with Crippen molar-refractivity contribution in [3.8, 4) is 11.6 Å². The third-order valence-corrected chi connectivity index (χ3v) is 3.30. The Labute approximate surface area is 129 Å². The molecule has 1 heterocycles. The lowest BCUT2D eigenvalue weighted by Crippen LogP contribution is -2.24. The van der Waals surface area contributed by atoms with Gasteiger partial charge in [-0.05, 0) is 24.7 Å². The van der Waals surface area contributed by atoms with Gasteiger partial charge < -0.3 is 14.8 Å². The Morgan fingerprint density at radius 1 is 1.19 bits per heavy atom. The minimum atomic E-state index is -0.215. The molecule has 0 amide bonds. The quantitative estimate of drug-likeness (QED) is 0.889. The van der Waals surface area contributed by atoms with Crippen molar-refractivity contribution in [3.05, 3.63) is 46.9 Å². The van der Waals surface area contributed by atoms with Gasteiger partial charge >= 0.3 is 0 Å². The molecule has 0 saturated carbocycles. The zero-order chi connectivity index (χ0) is 15.2. The van der Waals surface area contributed by atoms with Crippen LogP contribution < -0.4 is 14.8 Å². The lowest BCUT2D eigenvalue weighted by atomic mass is 10.0. The van der Waals surface area contributed by atoms with Crippen molar-refractivity contribution >= 4 is 11.6 Å². The van der Waals surface area contributed by atoms with E-state index >= 15 is 0 Å². The molecule has 1 unspecified atom stereocenters. The Bertz CT molecular complexity index is 607. The fourth-order valence-corrected chi connectivity index (χ4v) is 2.36. The fourth-order valence-electron chi connectivity index (χ4n) is 2.18. The molecule has 1 atom stereocenters. The number of methoxy groups -OCH3 is 2. The Morgan fingerprint density at radius 3 is 2.62 bits per heavy atom. The number of hydrogen-bond acceptors (Lipinski definition) is 5. The molecule has 0 aliphatic rings. The number of rotatable bonds is 6. The second-order valence-electron chi connectivity index (χ2n) is 4.33. The van der Waals surface area contributed by atoms with Crippen LogP contribution in [0.5, 0.6) is 11.6 Å². The first-order valence-electron chi connectivity index (χ1n) is 6.63. The lowest BCUT2D eigenvalue weighted by molar-refractivity contribution is 0.378. The molecule has 0 saturated heterocycles. The van der Waals surface area contributed by atoms with E-state index in [2.05, 4.69) is 15.3 Å². The van der Waals surface area contributed by atoms with E-state index < -0.39 is 0 Å². The first-order valence-corrected chi connectivity index (χ1v) is 7.00. The van der Waals surface area contributed by atoms with Crippen molar-refractivity contribution in [2.45, 2.75) is 13.0 Å². The van der Waals surface area contributed by atoms with Crippen molar-refractivity contribution in [1.82, 2.24) is 15.3 Å². The SMILES string of the molecule is CCNC(c1cc(Cl)ccc1OC)c1nccnc1OC. The molecule has 2 aromatic rings. The van der Waals surface area contributed by atoms with Gasteiger partial charge in [-0.3, -0.25) is 4.98 Å². The van der Waals surface area contributed by atoms with Crippen LogP contribution in [0, 0.1) is 0 Å². The van der Waals surface area contributed by atoms with Gasteiger partial charge in [-0.1, -0.05) is 18.5 Å². The largest absolute Gasteiger partial charge is 0.496 e. The maximum Gasteiger partial charge on any atom is 0.237 e. The summed E-state index contributed by atoms with van der Waals surface area (Å²) in [6.45, 7) is 2.77. The normalized spacial score (nSPS) is 12.0. The molecule has 5 nitrogen and oxygen atoms in total. The first kappa shape index (κ1) is 15.5. The molecule has 112 valence electrons. The molecule has 0 fully saturated rings. The minimum Gasteiger partial charge on any atom is -0.496 e. The van der Waals surface area contributed by atoms with Crippen molar-refractivity contribution < 1.29 is 9.47 Å². The second-order valence-corrected chi connectivity index (χ2v) is 4.76. The predicted molar refractivity (Wildman–Crippen MR) is 82.1 cm³/mol. The van der Waals surface area contributed by atoms with Crippen LogP contribution in [-0.4, -0.2) is 30.7 Å². The predicted octanol–water partition coefficient (Wildman–Crippen LogP) is 2.85. The van der Waals surface area contributed by atoms with Gasteiger partial charge in [0.15, 0.2) is 0 Å². The highest BCUT2D eigenvalue weighted by Crippen LogP contribution is 2.34. The van der Waals surface area contributed by atoms with Crippen LogP contribution in [-0.2, 0) is 0 Å². The second kappa shape index (κ2) is 7.24. The van der Waals surface area contributed by atoms with Crippen molar-refractivity contribution in [1.29, 1.82) is 0 Å². The zero-order valence-corrected chi connectivity index (χ0v) is 13.0. The highest BCUT2D eigenvalue weighted by Gasteiger charge is 2.23. The molecule has 1 aromatic carbocycles. The molecule has 6 heteroatoms. The van der Waals surface area contributed by atoms with Crippen LogP contribution in [0.2, 0.25) is 5.02 Å². The summed E-state index contributed by atoms with van der Waals surface area (Å²) in [4.78, 5) is 8.61. The van der Waals surface area contributed by atoms with Crippen LogP contribution in [0.1, 0.15) is 24.2 Å². The molecular formula is C15H18ClN3O2. The average molecular weight is 308 g/mol. The summed E-state index contributed by atoms with van der Waals surface area (Å²) in [5.41, 5.74) is 1.59. The smallest absolute Gasteiger partial charge is 0.237 e. The lowest BCUT2D eigenvalue weighted by Gasteiger charge is -2.21. The molecular weight excluding hydrogens is 290 g/mol. The first-order chi connectivity index (χ1) is 10.2. The van der Waals surface area contributed by atoms with E-state index in [1.165, 1.54) is 0 Å². The summed E-state index contributed by atoms with van der Waals surface area (Å²) >= 11 is 6.13. The molecule has 2 rings (SSSR count). The standard InChI is InChI=1S/C15H18ClN3O2/c1-4-17-13(14-15(21-3)19-8-7-18-14)11-9-10(16)5-6-12(11)20-2/h5-9,13,17H,4H2,1-3H3. The van der Waals surface area contributed by atoms with Gasteiger partial charge in [-0.15, -0.1) is 0 Å². The molecule has 21 heavy (non-hydrogen) atoms. The van der Waals surface area contributed by atoms with Gasteiger partial charge in [-0.2, -0.15) is 0 Å². The molecule has 0 aliphatic carbocycles. The molecule has 1 N–H and O–H groups in total. The van der Waals surface area contributed by atoms with Crippen LogP contribution in [0.25, 0.3) is 0 Å². The third-order valence-electron chi connectivity index (χ3n) is 3.07. The van der Waals surface area contributed by atoms with Crippen LogP contribution >= 0.6 is 11.6 Å². The Kier molecular flexibility index (Phi) is 5.36. The number of halogens is 1. The van der Waals surface area contributed by atoms with E-state index in [0.717, 1.165) is 17.9 Å². The van der Waals surface area contributed by atoms with Crippen molar-refractivity contribution in [2.75, 3.05) is 20.8 Å². The summed E-state index contributed by atoms with van der Waals surface area (Å²) < 4.78 is 10.7. The highest BCUT2D eigenvalue weighted by atomic mass is 35.5. The minimum absolute atomic E-state index is 0.215. The highest BCUT2D eigenvalue weighted by molar-refractivity contribution is 6.30. The van der Waals surface area contributed by atoms with Gasteiger partial charge in [0.1, 0.15) is 11.4 Å². The van der Waals surface area contributed by atoms with E-state index in [-0.39, 0.29) is 6.04 Å². The van der Waals surface area contributed by atoms with E-state index in [4.69, 9.17) is 21.1 Å². The van der Waals surface area contributed by atoms with Gasteiger partial charge in [0.2, 0.25) is 5.88 Å². The van der Waals surface area contributed by atoms with Crippen LogP contribution in [0.4, 0.5) is 0 Å². The number of aromatic nitrogens is 2. The van der Waals surface area contributed by atoms with E-state index in [1.807, 2.05) is 19.1 Å². The topological polar surface area (TPSA) is 56.3 Å². The molecule has 0 radical (unpaired) electrons. The van der Waals surface area contributed by atoms with E-state index in [0.29, 0.717) is 16.6 Å². The van der Waals surface area contributed by atoms with Crippen LogP contribution in [0.15, 0.2) is 30.6 Å². The summed E-state index contributed by atoms with van der Waals surface area (Å²) in [7, 11) is 3.20. The third kappa shape index (κ3) is 3.43. The van der Waals surface area contributed by atoms with Crippen molar-refractivity contribution in [3.63, 3.8) is 0 Å². The van der Waals surface area contributed by atoms with Gasteiger partial charge in [-0.25, -0.2) is 4.98 Å². The maximum absolute atomic E-state index is 6.13. The fraction of sp³-hybridized carbons (Fsp3) is 0.333. The number of hydrogen-bond donors (Lipinski definition) is 1. The summed E-state index contributed by atoms with van der Waals surface area (Å²) in [5.74, 6) is 1.21. The van der Waals surface area contributed by atoms with Gasteiger partial charge in [0.05, 0.1) is 20.3 Å². The van der Waals surface area contributed by atoms with E-state index in [1.54, 1.807) is 32.7 Å². The Hall–Kier alpha value is -1.85. The maximum atomic E-state index is 6.13.